The molecular weight excluding hydrogens is 244 g/mol. The first-order chi connectivity index (χ1) is 9.58. The summed E-state index contributed by atoms with van der Waals surface area (Å²) < 4.78 is 0. The van der Waals surface area contributed by atoms with Crippen LogP contribution >= 0.6 is 0 Å². The molecule has 0 fully saturated rings. The third-order valence-electron chi connectivity index (χ3n) is 3.79. The van der Waals surface area contributed by atoms with Crippen molar-refractivity contribution in [1.29, 1.82) is 0 Å². The van der Waals surface area contributed by atoms with Gasteiger partial charge < -0.3 is 5.32 Å². The van der Waals surface area contributed by atoms with Gasteiger partial charge in [-0.25, -0.2) is 0 Å². The molecule has 0 saturated heterocycles. The molecule has 2 atom stereocenters. The number of benzene rings is 1. The maximum Gasteiger partial charge on any atom is 0.0315 e. The summed E-state index contributed by atoms with van der Waals surface area (Å²) in [5.41, 5.74) is 3.93. The lowest BCUT2D eigenvalue weighted by Gasteiger charge is -2.21. The number of hydrogen-bond donors (Lipinski definition) is 1. The van der Waals surface area contributed by atoms with E-state index in [1.807, 2.05) is 18.5 Å². The van der Waals surface area contributed by atoms with E-state index in [9.17, 15) is 0 Å². The third-order valence-corrected chi connectivity index (χ3v) is 3.79. The number of rotatable bonds is 5. The van der Waals surface area contributed by atoms with Crippen molar-refractivity contribution in [2.75, 3.05) is 0 Å². The van der Waals surface area contributed by atoms with Crippen LogP contribution in [0.15, 0.2) is 48.8 Å². The van der Waals surface area contributed by atoms with Crippen molar-refractivity contribution >= 4 is 0 Å². The fraction of sp³-hybridized carbons (Fsp3) is 0.389. The zero-order valence-electron chi connectivity index (χ0n) is 12.8. The Morgan fingerprint density at radius 1 is 0.800 bits per heavy atom. The Balaban J connectivity index is 2.02. The van der Waals surface area contributed by atoms with Crippen molar-refractivity contribution in [1.82, 2.24) is 10.3 Å². The summed E-state index contributed by atoms with van der Waals surface area (Å²) >= 11 is 0. The van der Waals surface area contributed by atoms with Crippen LogP contribution in [0.2, 0.25) is 0 Å². The Bertz CT molecular complexity index is 517. The fourth-order valence-corrected chi connectivity index (χ4v) is 2.37. The molecule has 0 aliphatic carbocycles. The van der Waals surface area contributed by atoms with Gasteiger partial charge in [-0.1, -0.05) is 44.2 Å². The summed E-state index contributed by atoms with van der Waals surface area (Å²) in [5, 5.41) is 3.62. The van der Waals surface area contributed by atoms with Gasteiger partial charge in [0.15, 0.2) is 0 Å². The number of nitrogens with zero attached hydrogens (tertiary/aromatic N) is 1. The highest BCUT2D eigenvalue weighted by Crippen LogP contribution is 2.21. The van der Waals surface area contributed by atoms with E-state index in [1.165, 1.54) is 16.7 Å². The molecule has 1 N–H and O–H groups in total. The lowest BCUT2D eigenvalue weighted by atomic mass is 9.99. The molecule has 0 amide bonds. The van der Waals surface area contributed by atoms with E-state index in [2.05, 4.69) is 68.3 Å². The molecule has 2 nitrogen and oxygen atoms in total. The summed E-state index contributed by atoms with van der Waals surface area (Å²) in [6.07, 6.45) is 3.73. The van der Waals surface area contributed by atoms with Crippen LogP contribution < -0.4 is 5.32 Å². The van der Waals surface area contributed by atoms with E-state index in [0.29, 0.717) is 18.0 Å². The van der Waals surface area contributed by atoms with Crippen LogP contribution in [0.5, 0.6) is 0 Å². The van der Waals surface area contributed by atoms with Gasteiger partial charge in [0, 0.05) is 24.5 Å². The molecule has 20 heavy (non-hydrogen) atoms. The standard InChI is InChI=1S/C18H24N2/c1-13(2)16-7-9-17(10-8-16)14(3)20-15(4)18-6-5-11-19-12-18/h5-15,20H,1-4H3/t14?,15-/m1/s1. The molecule has 2 aromatic rings. The van der Waals surface area contributed by atoms with Crippen molar-refractivity contribution in [2.45, 2.75) is 45.7 Å². The Labute approximate surface area is 122 Å². The number of pyridine rings is 1. The average Bonchev–Trinajstić information content (AvgIpc) is 2.48. The molecule has 0 aliphatic rings. The van der Waals surface area contributed by atoms with E-state index in [-0.39, 0.29) is 0 Å². The van der Waals surface area contributed by atoms with Gasteiger partial charge in [0.05, 0.1) is 0 Å². The maximum atomic E-state index is 4.18. The molecule has 0 bridgehead atoms. The lowest BCUT2D eigenvalue weighted by molar-refractivity contribution is 0.493. The topological polar surface area (TPSA) is 24.9 Å². The molecule has 1 aromatic heterocycles. The Kier molecular flexibility index (Phi) is 4.91. The SMILES string of the molecule is CC(C)c1ccc(C(C)N[C@H](C)c2cccnc2)cc1. The monoisotopic (exact) mass is 268 g/mol. The predicted molar refractivity (Wildman–Crippen MR) is 84.7 cm³/mol. The summed E-state index contributed by atoms with van der Waals surface area (Å²) in [7, 11) is 0. The largest absolute Gasteiger partial charge is 0.304 e. The lowest BCUT2D eigenvalue weighted by Crippen LogP contribution is -2.22. The number of nitrogens with one attached hydrogen (secondary N) is 1. The van der Waals surface area contributed by atoms with Gasteiger partial charge in [0.1, 0.15) is 0 Å². The highest BCUT2D eigenvalue weighted by molar-refractivity contribution is 5.27. The van der Waals surface area contributed by atoms with Gasteiger partial charge in [-0.15, -0.1) is 0 Å². The molecule has 0 aliphatic heterocycles. The van der Waals surface area contributed by atoms with Crippen LogP contribution in [-0.4, -0.2) is 4.98 Å². The van der Waals surface area contributed by atoms with Gasteiger partial charge in [-0.3, -0.25) is 4.98 Å². The second-order valence-electron chi connectivity index (χ2n) is 5.72. The zero-order valence-corrected chi connectivity index (χ0v) is 12.8. The van der Waals surface area contributed by atoms with Crippen LogP contribution in [0, 0.1) is 0 Å². The highest BCUT2D eigenvalue weighted by Gasteiger charge is 2.11. The molecule has 106 valence electrons. The molecule has 2 rings (SSSR count). The Hall–Kier alpha value is -1.67. The molecule has 1 heterocycles. The van der Waals surface area contributed by atoms with Gasteiger partial charge in [0.2, 0.25) is 0 Å². The van der Waals surface area contributed by atoms with E-state index in [0.717, 1.165) is 0 Å². The highest BCUT2D eigenvalue weighted by atomic mass is 14.9. The maximum absolute atomic E-state index is 4.18. The Morgan fingerprint density at radius 3 is 1.95 bits per heavy atom. The predicted octanol–water partition coefficient (Wildman–Crippen LogP) is 4.62. The van der Waals surface area contributed by atoms with Crippen molar-refractivity contribution in [3.05, 3.63) is 65.5 Å². The number of hydrogen-bond acceptors (Lipinski definition) is 2. The summed E-state index contributed by atoms with van der Waals surface area (Å²) in [6, 6.07) is 13.6. The normalized spacial score (nSPS) is 14.2. The van der Waals surface area contributed by atoms with Crippen LogP contribution in [0.25, 0.3) is 0 Å². The zero-order chi connectivity index (χ0) is 14.5. The van der Waals surface area contributed by atoms with E-state index in [1.54, 1.807) is 0 Å². The average molecular weight is 268 g/mol. The first-order valence-electron chi connectivity index (χ1n) is 7.33. The quantitative estimate of drug-likeness (QED) is 0.856. The summed E-state index contributed by atoms with van der Waals surface area (Å²) in [5.74, 6) is 0.585. The van der Waals surface area contributed by atoms with Crippen LogP contribution in [0.4, 0.5) is 0 Å². The molecule has 0 saturated carbocycles. The van der Waals surface area contributed by atoms with E-state index in [4.69, 9.17) is 0 Å². The van der Waals surface area contributed by atoms with Crippen LogP contribution in [0.1, 0.15) is 62.4 Å². The second-order valence-corrected chi connectivity index (χ2v) is 5.72. The van der Waals surface area contributed by atoms with E-state index < -0.39 is 0 Å². The van der Waals surface area contributed by atoms with Gasteiger partial charge >= 0.3 is 0 Å². The minimum atomic E-state index is 0.295. The smallest absolute Gasteiger partial charge is 0.0315 e. The second kappa shape index (κ2) is 6.67. The van der Waals surface area contributed by atoms with Gasteiger partial charge in [-0.2, -0.15) is 0 Å². The van der Waals surface area contributed by atoms with Gasteiger partial charge in [0.25, 0.3) is 0 Å². The van der Waals surface area contributed by atoms with Gasteiger partial charge in [-0.05, 0) is 42.5 Å². The van der Waals surface area contributed by atoms with Crippen molar-refractivity contribution < 1.29 is 0 Å². The summed E-state index contributed by atoms with van der Waals surface area (Å²) in [6.45, 7) is 8.83. The molecule has 2 heteroatoms. The third kappa shape index (κ3) is 3.67. The minimum Gasteiger partial charge on any atom is -0.304 e. The van der Waals surface area contributed by atoms with E-state index >= 15 is 0 Å². The van der Waals surface area contributed by atoms with Crippen molar-refractivity contribution in [3.8, 4) is 0 Å². The molecule has 0 radical (unpaired) electrons. The Morgan fingerprint density at radius 2 is 1.40 bits per heavy atom. The molecular formula is C18H24N2. The molecule has 1 unspecified atom stereocenters. The molecule has 0 spiro atoms. The van der Waals surface area contributed by atoms with Crippen molar-refractivity contribution in [3.63, 3.8) is 0 Å². The fourth-order valence-electron chi connectivity index (χ4n) is 2.37. The first kappa shape index (κ1) is 14.7. The minimum absolute atomic E-state index is 0.295. The van der Waals surface area contributed by atoms with Crippen LogP contribution in [0.3, 0.4) is 0 Å². The number of aromatic nitrogens is 1. The first-order valence-corrected chi connectivity index (χ1v) is 7.33. The molecule has 1 aromatic carbocycles. The summed E-state index contributed by atoms with van der Waals surface area (Å²) in [4.78, 5) is 4.18. The van der Waals surface area contributed by atoms with Crippen molar-refractivity contribution in [2.24, 2.45) is 0 Å². The van der Waals surface area contributed by atoms with Crippen LogP contribution in [-0.2, 0) is 0 Å².